The predicted molar refractivity (Wildman–Crippen MR) is 125 cm³/mol. The number of hydrogen-bond acceptors (Lipinski definition) is 3. The lowest BCUT2D eigenvalue weighted by Gasteiger charge is -2.14. The number of amides is 1. The molecule has 4 aromatic rings. The average molecular weight is 422 g/mol. The zero-order valence-corrected chi connectivity index (χ0v) is 17.8. The second-order valence-corrected chi connectivity index (χ2v) is 7.85. The molecule has 0 radical (unpaired) electrons. The molecule has 0 aliphatic heterocycles. The number of alkyl carbamates (subject to hydrolysis) is 1. The molecule has 0 atom stereocenters. The van der Waals surface area contributed by atoms with Crippen LogP contribution in [0, 0.1) is 11.8 Å². The number of benzene rings is 3. The molecule has 0 spiro atoms. The van der Waals surface area contributed by atoms with Crippen LogP contribution in [0.15, 0.2) is 72.9 Å². The second-order valence-electron chi connectivity index (χ2n) is 7.85. The van der Waals surface area contributed by atoms with E-state index >= 15 is 0 Å². The van der Waals surface area contributed by atoms with Crippen molar-refractivity contribution in [2.75, 3.05) is 13.2 Å². The maximum Gasteiger partial charge on any atom is 0.407 e. The molecular weight excluding hydrogens is 398 g/mol. The molecule has 5 heteroatoms. The first-order valence-corrected chi connectivity index (χ1v) is 10.7. The largest absolute Gasteiger partial charge is 0.449 e. The van der Waals surface area contributed by atoms with E-state index in [4.69, 9.17) is 4.74 Å². The molecule has 1 amide bonds. The van der Waals surface area contributed by atoms with Crippen LogP contribution in [0.25, 0.3) is 22.0 Å². The van der Waals surface area contributed by atoms with Gasteiger partial charge in [-0.3, -0.25) is 4.68 Å². The molecule has 3 aromatic carbocycles. The number of nitrogens with zero attached hydrogens (tertiary/aromatic N) is 2. The third kappa shape index (κ3) is 3.83. The summed E-state index contributed by atoms with van der Waals surface area (Å²) < 4.78 is 7.38. The van der Waals surface area contributed by atoms with Crippen LogP contribution in [0.1, 0.15) is 29.0 Å². The van der Waals surface area contributed by atoms with Crippen LogP contribution in [0.2, 0.25) is 0 Å². The van der Waals surface area contributed by atoms with Gasteiger partial charge in [-0.05, 0) is 40.5 Å². The van der Waals surface area contributed by atoms with E-state index in [2.05, 4.69) is 46.5 Å². The Bertz CT molecular complexity index is 1310. The minimum atomic E-state index is -0.412. The normalized spacial score (nSPS) is 12.0. The number of hydrogen-bond donors (Lipinski definition) is 1. The Morgan fingerprint density at radius 2 is 1.78 bits per heavy atom. The van der Waals surface area contributed by atoms with Crippen molar-refractivity contribution in [1.82, 2.24) is 15.1 Å². The van der Waals surface area contributed by atoms with Gasteiger partial charge in [0.1, 0.15) is 6.61 Å². The van der Waals surface area contributed by atoms with Crippen LogP contribution in [-0.4, -0.2) is 29.0 Å². The number of ether oxygens (including phenoxy) is 1. The average Bonchev–Trinajstić information content (AvgIpc) is 3.35. The van der Waals surface area contributed by atoms with Crippen LogP contribution in [0.4, 0.5) is 4.79 Å². The molecule has 32 heavy (non-hydrogen) atoms. The summed E-state index contributed by atoms with van der Waals surface area (Å²) in [5, 5.41) is 8.13. The van der Waals surface area contributed by atoms with Crippen molar-refractivity contribution in [3.8, 4) is 23.0 Å². The molecule has 1 aliphatic carbocycles. The van der Waals surface area contributed by atoms with Crippen LogP contribution in [0.3, 0.4) is 0 Å². The van der Waals surface area contributed by atoms with E-state index in [1.54, 1.807) is 0 Å². The Morgan fingerprint density at radius 3 is 2.53 bits per heavy atom. The number of carbonyl (C=O) groups excluding carboxylic acids is 1. The molecule has 5 rings (SSSR count). The van der Waals surface area contributed by atoms with E-state index in [9.17, 15) is 4.79 Å². The number of carbonyl (C=O) groups is 1. The molecule has 5 nitrogen and oxygen atoms in total. The number of rotatable bonds is 4. The molecule has 1 aliphatic rings. The molecule has 1 heterocycles. The summed E-state index contributed by atoms with van der Waals surface area (Å²) >= 11 is 0. The third-order valence-corrected chi connectivity index (χ3v) is 5.84. The van der Waals surface area contributed by atoms with E-state index < -0.39 is 6.09 Å². The summed E-state index contributed by atoms with van der Waals surface area (Å²) in [5.41, 5.74) is 6.83. The highest BCUT2D eigenvalue weighted by Crippen LogP contribution is 2.44. The topological polar surface area (TPSA) is 56.2 Å². The monoisotopic (exact) mass is 421 g/mol. The molecule has 0 saturated heterocycles. The smallest absolute Gasteiger partial charge is 0.407 e. The summed E-state index contributed by atoms with van der Waals surface area (Å²) in [7, 11) is 1.91. The first-order valence-electron chi connectivity index (χ1n) is 10.7. The standard InChI is InChI=1S/C27H23N3O2/c1-30-26-16-19(13-14-20(26)17-29-30)8-6-7-15-28-27(31)32-18-25-23-11-4-2-9-21(23)22-10-3-5-12-24(22)25/h2-5,9-14,16-17,25H,7,15,18H2,1H3,(H,28,31). The Morgan fingerprint density at radius 1 is 1.06 bits per heavy atom. The maximum absolute atomic E-state index is 12.2. The first-order chi connectivity index (χ1) is 15.7. The molecule has 0 saturated carbocycles. The van der Waals surface area contributed by atoms with Crippen molar-refractivity contribution < 1.29 is 9.53 Å². The zero-order chi connectivity index (χ0) is 21.9. The van der Waals surface area contributed by atoms with Gasteiger partial charge in [0, 0.05) is 36.9 Å². The summed E-state index contributed by atoms with van der Waals surface area (Å²) in [4.78, 5) is 12.2. The van der Waals surface area contributed by atoms with Gasteiger partial charge in [-0.1, -0.05) is 60.4 Å². The summed E-state index contributed by atoms with van der Waals surface area (Å²) in [5.74, 6) is 6.31. The van der Waals surface area contributed by atoms with Crippen LogP contribution >= 0.6 is 0 Å². The fraction of sp³-hybridized carbons (Fsp3) is 0.185. The van der Waals surface area contributed by atoms with Gasteiger partial charge in [-0.15, -0.1) is 0 Å². The van der Waals surface area contributed by atoms with Crippen molar-refractivity contribution in [2.24, 2.45) is 7.05 Å². The number of aromatic nitrogens is 2. The minimum Gasteiger partial charge on any atom is -0.449 e. The molecule has 0 unspecified atom stereocenters. The molecule has 0 bridgehead atoms. The van der Waals surface area contributed by atoms with Crippen molar-refractivity contribution in [2.45, 2.75) is 12.3 Å². The highest BCUT2D eigenvalue weighted by atomic mass is 16.5. The number of nitrogens with one attached hydrogen (secondary N) is 1. The molecular formula is C27H23N3O2. The number of aryl methyl sites for hydroxylation is 1. The van der Waals surface area contributed by atoms with Crippen LogP contribution in [0.5, 0.6) is 0 Å². The lowest BCUT2D eigenvalue weighted by Crippen LogP contribution is -2.26. The first kappa shape index (κ1) is 19.9. The highest BCUT2D eigenvalue weighted by Gasteiger charge is 2.28. The fourth-order valence-corrected chi connectivity index (χ4v) is 4.26. The lowest BCUT2D eigenvalue weighted by molar-refractivity contribution is 0.143. The number of fused-ring (bicyclic) bond motifs is 4. The van der Waals surface area contributed by atoms with Gasteiger partial charge in [0.2, 0.25) is 0 Å². The summed E-state index contributed by atoms with van der Waals surface area (Å²) in [6.45, 7) is 0.758. The van der Waals surface area contributed by atoms with E-state index in [0.29, 0.717) is 19.6 Å². The Hall–Kier alpha value is -4.04. The third-order valence-electron chi connectivity index (χ3n) is 5.84. The van der Waals surface area contributed by atoms with Crippen molar-refractivity contribution in [3.05, 3.63) is 89.6 Å². The van der Waals surface area contributed by atoms with Gasteiger partial charge in [-0.2, -0.15) is 5.10 Å². The van der Waals surface area contributed by atoms with Gasteiger partial charge in [0.15, 0.2) is 0 Å². The van der Waals surface area contributed by atoms with E-state index in [-0.39, 0.29) is 5.92 Å². The molecule has 1 N–H and O–H groups in total. The summed E-state index contributed by atoms with van der Waals surface area (Å²) in [6, 6.07) is 22.6. The second kappa shape index (κ2) is 8.60. The van der Waals surface area contributed by atoms with Crippen molar-refractivity contribution in [1.29, 1.82) is 0 Å². The Labute approximate surface area is 187 Å². The van der Waals surface area contributed by atoms with Crippen molar-refractivity contribution >= 4 is 17.0 Å². The maximum atomic E-state index is 12.2. The molecule has 0 fully saturated rings. The van der Waals surface area contributed by atoms with Gasteiger partial charge >= 0.3 is 6.09 Å². The van der Waals surface area contributed by atoms with E-state index in [1.807, 2.05) is 60.4 Å². The zero-order valence-electron chi connectivity index (χ0n) is 17.8. The quantitative estimate of drug-likeness (QED) is 0.378. The predicted octanol–water partition coefficient (Wildman–Crippen LogP) is 4.85. The minimum absolute atomic E-state index is 0.0647. The van der Waals surface area contributed by atoms with E-state index in [0.717, 1.165) is 16.5 Å². The van der Waals surface area contributed by atoms with Gasteiger partial charge in [-0.25, -0.2) is 4.79 Å². The fourth-order valence-electron chi connectivity index (χ4n) is 4.26. The highest BCUT2D eigenvalue weighted by molar-refractivity contribution is 5.80. The SMILES string of the molecule is Cn1ncc2ccc(C#CCCNC(=O)OCC3c4ccccc4-c4ccccc43)cc21. The van der Waals surface area contributed by atoms with Crippen LogP contribution < -0.4 is 5.32 Å². The molecule has 158 valence electrons. The van der Waals surface area contributed by atoms with Crippen molar-refractivity contribution in [3.63, 3.8) is 0 Å². The van der Waals surface area contributed by atoms with E-state index in [1.165, 1.54) is 22.3 Å². The van der Waals surface area contributed by atoms with Gasteiger partial charge < -0.3 is 10.1 Å². The summed E-state index contributed by atoms with van der Waals surface area (Å²) in [6.07, 6.45) is 1.98. The van der Waals surface area contributed by atoms with Gasteiger partial charge in [0.25, 0.3) is 0 Å². The van der Waals surface area contributed by atoms with Gasteiger partial charge in [0.05, 0.1) is 11.7 Å². The van der Waals surface area contributed by atoms with Crippen LogP contribution in [-0.2, 0) is 11.8 Å². The molecule has 1 aromatic heterocycles. The lowest BCUT2D eigenvalue weighted by atomic mass is 9.98. The Balaban J connectivity index is 1.14. The Kier molecular flexibility index (Phi) is 5.35.